The Labute approximate surface area is 166 Å². The van der Waals surface area contributed by atoms with E-state index in [-0.39, 0.29) is 31.2 Å². The summed E-state index contributed by atoms with van der Waals surface area (Å²) in [6, 6.07) is 1.99. The van der Waals surface area contributed by atoms with E-state index < -0.39 is 20.0 Å². The Hall–Kier alpha value is -1.75. The van der Waals surface area contributed by atoms with E-state index in [9.17, 15) is 16.8 Å². The van der Waals surface area contributed by atoms with Gasteiger partial charge in [-0.1, -0.05) is 6.07 Å². The van der Waals surface area contributed by atoms with E-state index in [1.165, 1.54) is 21.1 Å². The van der Waals surface area contributed by atoms with Crippen molar-refractivity contribution in [3.8, 4) is 0 Å². The molecule has 2 heterocycles. The van der Waals surface area contributed by atoms with Crippen molar-refractivity contribution in [3.05, 3.63) is 40.8 Å². The monoisotopic (exact) mass is 426 g/mol. The van der Waals surface area contributed by atoms with Crippen molar-refractivity contribution in [1.82, 2.24) is 18.6 Å². The van der Waals surface area contributed by atoms with Crippen LogP contribution in [-0.2, 0) is 20.0 Å². The Morgan fingerprint density at radius 3 is 1.89 bits per heavy atom. The van der Waals surface area contributed by atoms with Crippen LogP contribution >= 0.6 is 0 Å². The van der Waals surface area contributed by atoms with E-state index in [1.54, 1.807) is 0 Å². The third-order valence-corrected chi connectivity index (χ3v) is 9.40. The Bertz CT molecular complexity index is 1050. The van der Waals surface area contributed by atoms with Gasteiger partial charge in [0.2, 0.25) is 10.0 Å². The summed E-state index contributed by atoms with van der Waals surface area (Å²) in [6.45, 7) is 8.21. The summed E-state index contributed by atoms with van der Waals surface area (Å²) >= 11 is 0. The first-order chi connectivity index (χ1) is 13.1. The van der Waals surface area contributed by atoms with Crippen LogP contribution in [-0.4, -0.2) is 61.6 Å². The lowest BCUT2D eigenvalue weighted by molar-refractivity contribution is 0.403. The Kier molecular flexibility index (Phi) is 5.68. The predicted molar refractivity (Wildman–Crippen MR) is 106 cm³/mol. The summed E-state index contributed by atoms with van der Waals surface area (Å²) in [7, 11) is -7.43. The number of hydrogen-bond acceptors (Lipinski definition) is 5. The molecule has 0 saturated carbocycles. The summed E-state index contributed by atoms with van der Waals surface area (Å²) in [5, 5.41) is 0.0183. The molecule has 2 aromatic rings. The Balaban J connectivity index is 1.91. The van der Waals surface area contributed by atoms with Gasteiger partial charge in [-0.05, 0) is 56.4 Å². The van der Waals surface area contributed by atoms with Crippen LogP contribution in [0.3, 0.4) is 0 Å². The number of aromatic nitrogens is 2. The number of H-pyrrole nitrogens is 1. The molecule has 1 aromatic carbocycles. The Morgan fingerprint density at radius 1 is 0.857 bits per heavy atom. The van der Waals surface area contributed by atoms with Crippen molar-refractivity contribution < 1.29 is 16.8 Å². The molecule has 0 radical (unpaired) electrons. The minimum absolute atomic E-state index is 0.0183. The van der Waals surface area contributed by atoms with Crippen molar-refractivity contribution in [3.63, 3.8) is 0 Å². The zero-order chi connectivity index (χ0) is 20.7. The van der Waals surface area contributed by atoms with Crippen LogP contribution in [0.4, 0.5) is 0 Å². The van der Waals surface area contributed by atoms with E-state index >= 15 is 0 Å². The second kappa shape index (κ2) is 7.58. The summed E-state index contributed by atoms with van der Waals surface area (Å²) in [5.74, 6) is 0. The van der Waals surface area contributed by atoms with E-state index in [4.69, 9.17) is 0 Å². The molecule has 1 N–H and O–H groups in total. The zero-order valence-electron chi connectivity index (χ0n) is 16.6. The van der Waals surface area contributed by atoms with Gasteiger partial charge in [-0.25, -0.2) is 21.8 Å². The third kappa shape index (κ3) is 3.61. The number of imidazole rings is 1. The number of aromatic amines is 1. The maximum absolute atomic E-state index is 13.4. The molecule has 1 saturated heterocycles. The largest absolute Gasteiger partial charge is 0.335 e. The molecule has 0 unspecified atom stereocenters. The van der Waals surface area contributed by atoms with Crippen LogP contribution in [0, 0.1) is 27.7 Å². The number of nitrogens with zero attached hydrogens (tertiary/aromatic N) is 3. The highest BCUT2D eigenvalue weighted by Gasteiger charge is 2.34. The molecule has 1 fully saturated rings. The second-order valence-electron chi connectivity index (χ2n) is 7.17. The van der Waals surface area contributed by atoms with Gasteiger partial charge in [0, 0.05) is 26.2 Å². The van der Waals surface area contributed by atoms with Gasteiger partial charge in [-0.2, -0.15) is 8.61 Å². The van der Waals surface area contributed by atoms with Crippen molar-refractivity contribution in [1.29, 1.82) is 0 Å². The average Bonchev–Trinajstić information content (AvgIpc) is 3.04. The van der Waals surface area contributed by atoms with Gasteiger partial charge < -0.3 is 4.98 Å². The van der Waals surface area contributed by atoms with Gasteiger partial charge in [-0.15, -0.1) is 0 Å². The summed E-state index contributed by atoms with van der Waals surface area (Å²) in [4.78, 5) is 6.73. The molecule has 28 heavy (non-hydrogen) atoms. The molecule has 0 atom stereocenters. The highest BCUT2D eigenvalue weighted by atomic mass is 32.2. The van der Waals surface area contributed by atoms with Crippen molar-refractivity contribution >= 4 is 20.0 Å². The van der Waals surface area contributed by atoms with Crippen molar-refractivity contribution in [2.75, 3.05) is 26.2 Å². The lowest BCUT2D eigenvalue weighted by atomic mass is 10.0. The summed E-state index contributed by atoms with van der Waals surface area (Å²) < 4.78 is 55.0. The molecule has 1 aliphatic heterocycles. The fraction of sp³-hybridized carbons (Fsp3) is 0.500. The number of sulfonamides is 2. The highest BCUT2D eigenvalue weighted by molar-refractivity contribution is 7.89. The normalized spacial score (nSPS) is 17.6. The molecular formula is C18H26N4O4S2. The first kappa shape index (κ1) is 21.0. The second-order valence-corrected chi connectivity index (χ2v) is 10.9. The molecule has 1 aromatic heterocycles. The summed E-state index contributed by atoms with van der Waals surface area (Å²) in [5.41, 5.74) is 3.35. The van der Waals surface area contributed by atoms with Gasteiger partial charge in [0.05, 0.1) is 17.4 Å². The fourth-order valence-electron chi connectivity index (χ4n) is 3.57. The molecule has 8 nitrogen and oxygen atoms in total. The van der Waals surface area contributed by atoms with Crippen LogP contribution in [0.2, 0.25) is 0 Å². The number of nitrogens with one attached hydrogen (secondary N) is 1. The number of rotatable bonds is 4. The van der Waals surface area contributed by atoms with E-state index in [2.05, 4.69) is 9.97 Å². The fourth-order valence-corrected chi connectivity index (χ4v) is 6.98. The first-order valence-corrected chi connectivity index (χ1v) is 12.0. The van der Waals surface area contributed by atoms with E-state index in [0.717, 1.165) is 22.3 Å². The number of aryl methyl sites for hydroxylation is 2. The van der Waals surface area contributed by atoms with Gasteiger partial charge >= 0.3 is 0 Å². The van der Waals surface area contributed by atoms with Crippen molar-refractivity contribution in [2.45, 2.75) is 44.0 Å². The van der Waals surface area contributed by atoms with Crippen LogP contribution in [0.15, 0.2) is 28.5 Å². The molecule has 0 amide bonds. The lowest BCUT2D eigenvalue weighted by Gasteiger charge is -2.24. The van der Waals surface area contributed by atoms with Crippen LogP contribution in [0.1, 0.15) is 28.7 Å². The first-order valence-electron chi connectivity index (χ1n) is 9.13. The van der Waals surface area contributed by atoms with Crippen LogP contribution in [0.5, 0.6) is 0 Å². The SMILES string of the molecule is Cc1cc(C)c(C)c(S(=O)(=O)N2CCCN(S(=O)(=O)c3cnc[nH]3)CC2)c1C. The summed E-state index contributed by atoms with van der Waals surface area (Å²) in [6.07, 6.45) is 3.00. The molecule has 3 rings (SSSR count). The highest BCUT2D eigenvalue weighted by Crippen LogP contribution is 2.29. The third-order valence-electron chi connectivity index (χ3n) is 5.40. The average molecular weight is 427 g/mol. The lowest BCUT2D eigenvalue weighted by Crippen LogP contribution is -2.38. The maximum atomic E-state index is 13.4. The number of benzene rings is 1. The molecular weight excluding hydrogens is 400 g/mol. The van der Waals surface area contributed by atoms with Gasteiger partial charge in [-0.3, -0.25) is 0 Å². The quantitative estimate of drug-likeness (QED) is 0.802. The Morgan fingerprint density at radius 2 is 1.39 bits per heavy atom. The van der Waals surface area contributed by atoms with E-state index in [1.807, 2.05) is 33.8 Å². The molecule has 0 spiro atoms. The van der Waals surface area contributed by atoms with Crippen LogP contribution in [0.25, 0.3) is 0 Å². The minimum Gasteiger partial charge on any atom is -0.335 e. The van der Waals surface area contributed by atoms with Gasteiger partial charge in [0.25, 0.3) is 10.0 Å². The maximum Gasteiger partial charge on any atom is 0.260 e. The topological polar surface area (TPSA) is 103 Å². The smallest absolute Gasteiger partial charge is 0.260 e. The standard InChI is InChI=1S/C18H26N4O4S2/c1-13-10-14(2)16(4)18(15(13)3)28(25,26)22-7-5-6-21(8-9-22)27(23,24)17-11-19-12-20-17/h10-12H,5-9H2,1-4H3,(H,19,20). The van der Waals surface area contributed by atoms with Gasteiger partial charge in [0.1, 0.15) is 0 Å². The molecule has 154 valence electrons. The molecule has 1 aliphatic rings. The van der Waals surface area contributed by atoms with E-state index in [0.29, 0.717) is 11.3 Å². The molecule has 0 bridgehead atoms. The molecule has 0 aliphatic carbocycles. The molecule has 10 heteroatoms. The number of hydrogen-bond donors (Lipinski definition) is 1. The van der Waals surface area contributed by atoms with Gasteiger partial charge in [0.15, 0.2) is 5.03 Å². The predicted octanol–water partition coefficient (Wildman–Crippen LogP) is 1.73. The zero-order valence-corrected chi connectivity index (χ0v) is 18.2. The minimum atomic E-state index is -3.72. The van der Waals surface area contributed by atoms with Crippen LogP contribution < -0.4 is 0 Å². The van der Waals surface area contributed by atoms with Crippen molar-refractivity contribution in [2.24, 2.45) is 0 Å².